The summed E-state index contributed by atoms with van der Waals surface area (Å²) in [6.45, 7) is 1.93. The van der Waals surface area contributed by atoms with Crippen LogP contribution in [0.3, 0.4) is 0 Å². The molecule has 1 amide bonds. The van der Waals surface area contributed by atoms with Crippen LogP contribution in [0.25, 0.3) is 0 Å². The fourth-order valence-corrected chi connectivity index (χ4v) is 2.28. The van der Waals surface area contributed by atoms with Crippen molar-refractivity contribution in [2.45, 2.75) is 77.2 Å². The van der Waals surface area contributed by atoms with Crippen LogP contribution < -0.4 is 5.32 Å². The summed E-state index contributed by atoms with van der Waals surface area (Å²) >= 11 is 0. The molecule has 0 aromatic rings. The maximum absolute atomic E-state index is 11.3. The molecule has 0 unspecified atom stereocenters. The first-order valence-corrected chi connectivity index (χ1v) is 6.62. The number of carbonyl (C=O) groups is 1. The molecule has 88 valence electrons. The van der Waals surface area contributed by atoms with Gasteiger partial charge in [0.1, 0.15) is 0 Å². The van der Waals surface area contributed by atoms with Gasteiger partial charge in [-0.2, -0.15) is 0 Å². The first kappa shape index (κ1) is 12.5. The number of hydrogen-bond acceptors (Lipinski definition) is 1. The molecule has 0 atom stereocenters. The van der Waals surface area contributed by atoms with Crippen LogP contribution >= 0.6 is 0 Å². The lowest BCUT2D eigenvalue weighted by Crippen LogP contribution is -2.34. The standard InChI is InChI=1S/C13H25NO/c1-2-13(15)14-12-10-8-6-4-3-5-7-9-11-12/h12H,2-11H2,1H3,(H,14,15). The maximum atomic E-state index is 11.3. The number of hydrogen-bond donors (Lipinski definition) is 1. The molecule has 0 bridgehead atoms. The van der Waals surface area contributed by atoms with Gasteiger partial charge in [0.25, 0.3) is 0 Å². The van der Waals surface area contributed by atoms with E-state index in [1.807, 2.05) is 6.92 Å². The molecular weight excluding hydrogens is 186 g/mol. The van der Waals surface area contributed by atoms with Gasteiger partial charge in [0.15, 0.2) is 0 Å². The molecule has 1 N–H and O–H groups in total. The lowest BCUT2D eigenvalue weighted by atomic mass is 9.97. The minimum Gasteiger partial charge on any atom is -0.353 e. The van der Waals surface area contributed by atoms with E-state index < -0.39 is 0 Å². The number of carbonyl (C=O) groups excluding carboxylic acids is 1. The molecule has 1 aliphatic rings. The van der Waals surface area contributed by atoms with E-state index in [1.165, 1.54) is 57.8 Å². The lowest BCUT2D eigenvalue weighted by Gasteiger charge is -2.19. The highest BCUT2D eigenvalue weighted by Gasteiger charge is 2.11. The first-order valence-electron chi connectivity index (χ1n) is 6.62. The Kier molecular flexibility index (Phi) is 6.45. The van der Waals surface area contributed by atoms with E-state index in [9.17, 15) is 4.79 Å². The molecule has 1 fully saturated rings. The third-order valence-electron chi connectivity index (χ3n) is 3.29. The van der Waals surface area contributed by atoms with Crippen LogP contribution in [-0.2, 0) is 4.79 Å². The Morgan fingerprint density at radius 3 is 1.93 bits per heavy atom. The monoisotopic (exact) mass is 211 g/mol. The van der Waals surface area contributed by atoms with Crippen molar-refractivity contribution < 1.29 is 4.79 Å². The van der Waals surface area contributed by atoms with Gasteiger partial charge in [0.05, 0.1) is 0 Å². The molecular formula is C13H25NO. The van der Waals surface area contributed by atoms with Gasteiger partial charge in [-0.3, -0.25) is 4.79 Å². The molecule has 0 spiro atoms. The largest absolute Gasteiger partial charge is 0.353 e. The van der Waals surface area contributed by atoms with Gasteiger partial charge in [-0.1, -0.05) is 51.9 Å². The van der Waals surface area contributed by atoms with Gasteiger partial charge < -0.3 is 5.32 Å². The molecule has 2 nitrogen and oxygen atoms in total. The Bertz CT molecular complexity index is 169. The fraction of sp³-hybridized carbons (Fsp3) is 0.923. The van der Waals surface area contributed by atoms with E-state index in [0.717, 1.165) is 0 Å². The number of amides is 1. The molecule has 15 heavy (non-hydrogen) atoms. The molecule has 0 aliphatic heterocycles. The van der Waals surface area contributed by atoms with Crippen molar-refractivity contribution in [3.63, 3.8) is 0 Å². The smallest absolute Gasteiger partial charge is 0.219 e. The average Bonchev–Trinajstić information content (AvgIpc) is 2.27. The average molecular weight is 211 g/mol. The van der Waals surface area contributed by atoms with Crippen molar-refractivity contribution >= 4 is 5.91 Å². The molecule has 1 aliphatic carbocycles. The summed E-state index contributed by atoms with van der Waals surface area (Å²) in [5.41, 5.74) is 0. The molecule has 0 radical (unpaired) electrons. The molecule has 0 aromatic carbocycles. The van der Waals surface area contributed by atoms with Crippen molar-refractivity contribution in [2.24, 2.45) is 0 Å². The predicted octanol–water partition coefficient (Wildman–Crippen LogP) is 3.41. The molecule has 0 heterocycles. The molecule has 0 aromatic heterocycles. The number of nitrogens with one attached hydrogen (secondary N) is 1. The minimum atomic E-state index is 0.219. The van der Waals surface area contributed by atoms with E-state index in [1.54, 1.807) is 0 Å². The minimum absolute atomic E-state index is 0.219. The lowest BCUT2D eigenvalue weighted by molar-refractivity contribution is -0.121. The molecule has 1 saturated carbocycles. The van der Waals surface area contributed by atoms with Gasteiger partial charge in [0, 0.05) is 12.5 Å². The summed E-state index contributed by atoms with van der Waals surface area (Å²) in [5, 5.41) is 3.15. The van der Waals surface area contributed by atoms with Gasteiger partial charge in [0.2, 0.25) is 5.91 Å². The summed E-state index contributed by atoms with van der Waals surface area (Å²) in [5.74, 6) is 0.219. The third-order valence-corrected chi connectivity index (χ3v) is 3.29. The van der Waals surface area contributed by atoms with Gasteiger partial charge >= 0.3 is 0 Å². The van der Waals surface area contributed by atoms with Crippen LogP contribution in [0, 0.1) is 0 Å². The second-order valence-electron chi connectivity index (χ2n) is 4.67. The van der Waals surface area contributed by atoms with Crippen molar-refractivity contribution in [3.05, 3.63) is 0 Å². The van der Waals surface area contributed by atoms with Gasteiger partial charge in [-0.15, -0.1) is 0 Å². The van der Waals surface area contributed by atoms with Crippen LogP contribution in [0.15, 0.2) is 0 Å². The van der Waals surface area contributed by atoms with E-state index in [0.29, 0.717) is 12.5 Å². The zero-order chi connectivity index (χ0) is 10.9. The second kappa shape index (κ2) is 7.72. The second-order valence-corrected chi connectivity index (χ2v) is 4.67. The summed E-state index contributed by atoms with van der Waals surface area (Å²) < 4.78 is 0. The molecule has 0 saturated heterocycles. The van der Waals surface area contributed by atoms with Crippen LogP contribution in [-0.4, -0.2) is 11.9 Å². The SMILES string of the molecule is CCC(=O)NC1CCCCCCCCC1. The third kappa shape index (κ3) is 5.81. The van der Waals surface area contributed by atoms with Crippen molar-refractivity contribution in [1.29, 1.82) is 0 Å². The number of rotatable bonds is 2. The summed E-state index contributed by atoms with van der Waals surface area (Å²) in [6, 6.07) is 0.454. The Labute approximate surface area is 93.8 Å². The van der Waals surface area contributed by atoms with Gasteiger partial charge in [-0.05, 0) is 12.8 Å². The Morgan fingerprint density at radius 2 is 1.47 bits per heavy atom. The summed E-state index contributed by atoms with van der Waals surface area (Å²) in [4.78, 5) is 11.3. The topological polar surface area (TPSA) is 29.1 Å². The predicted molar refractivity (Wildman–Crippen MR) is 63.8 cm³/mol. The van der Waals surface area contributed by atoms with E-state index in [2.05, 4.69) is 5.32 Å². The highest BCUT2D eigenvalue weighted by atomic mass is 16.1. The summed E-state index contributed by atoms with van der Waals surface area (Å²) in [7, 11) is 0. The first-order chi connectivity index (χ1) is 7.33. The van der Waals surface area contributed by atoms with Crippen LogP contribution in [0.5, 0.6) is 0 Å². The highest BCUT2D eigenvalue weighted by molar-refractivity contribution is 5.75. The zero-order valence-electron chi connectivity index (χ0n) is 10.1. The zero-order valence-corrected chi connectivity index (χ0v) is 10.1. The maximum Gasteiger partial charge on any atom is 0.219 e. The molecule has 2 heteroatoms. The quantitative estimate of drug-likeness (QED) is 0.745. The van der Waals surface area contributed by atoms with Crippen LogP contribution in [0.4, 0.5) is 0 Å². The highest BCUT2D eigenvalue weighted by Crippen LogP contribution is 2.16. The van der Waals surface area contributed by atoms with Crippen LogP contribution in [0.1, 0.15) is 71.1 Å². The van der Waals surface area contributed by atoms with Crippen molar-refractivity contribution in [2.75, 3.05) is 0 Å². The fourth-order valence-electron chi connectivity index (χ4n) is 2.28. The van der Waals surface area contributed by atoms with Crippen molar-refractivity contribution in [3.8, 4) is 0 Å². The van der Waals surface area contributed by atoms with Gasteiger partial charge in [-0.25, -0.2) is 0 Å². The van der Waals surface area contributed by atoms with Crippen LogP contribution in [0.2, 0.25) is 0 Å². The Morgan fingerprint density at radius 1 is 1.00 bits per heavy atom. The molecule has 1 rings (SSSR count). The summed E-state index contributed by atoms with van der Waals surface area (Å²) in [6.07, 6.45) is 12.4. The van der Waals surface area contributed by atoms with Crippen molar-refractivity contribution in [1.82, 2.24) is 5.32 Å². The van der Waals surface area contributed by atoms with E-state index >= 15 is 0 Å². The Hall–Kier alpha value is -0.530. The Balaban J connectivity index is 2.28. The van der Waals surface area contributed by atoms with E-state index in [4.69, 9.17) is 0 Å². The van der Waals surface area contributed by atoms with E-state index in [-0.39, 0.29) is 5.91 Å². The normalized spacial score (nSPS) is 20.9.